The number of hydrogen-bond acceptors (Lipinski definition) is 5. The fourth-order valence-corrected chi connectivity index (χ4v) is 3.19. The molecule has 1 N–H and O–H groups in total. The number of carbonyl (C=O) groups excluding carboxylic acids is 1. The van der Waals surface area contributed by atoms with Crippen LogP contribution in [0.1, 0.15) is 49.7 Å². The van der Waals surface area contributed by atoms with Crippen molar-refractivity contribution >= 4 is 5.91 Å². The van der Waals surface area contributed by atoms with Crippen LogP contribution in [0.5, 0.6) is 0 Å². The van der Waals surface area contributed by atoms with E-state index in [4.69, 9.17) is 8.94 Å². The minimum atomic E-state index is -0.685. The van der Waals surface area contributed by atoms with E-state index in [0.717, 1.165) is 32.2 Å². The zero-order valence-corrected chi connectivity index (χ0v) is 13.1. The van der Waals surface area contributed by atoms with Crippen LogP contribution in [0.25, 0.3) is 0 Å². The molecule has 0 unspecified atom stereocenters. The normalized spacial score (nSPS) is 20.2. The molecular formula is C17H22N2O4. The van der Waals surface area contributed by atoms with Crippen LogP contribution < -0.4 is 0 Å². The molecule has 2 aromatic heterocycles. The molecule has 2 aromatic rings. The summed E-state index contributed by atoms with van der Waals surface area (Å²) in [6, 6.07) is 5.27. The number of nitrogens with zero attached hydrogens (tertiary/aromatic N) is 2. The van der Waals surface area contributed by atoms with Gasteiger partial charge in [-0.25, -0.2) is 0 Å². The van der Waals surface area contributed by atoms with Gasteiger partial charge in [-0.05, 0) is 25.0 Å². The zero-order chi connectivity index (χ0) is 16.1. The van der Waals surface area contributed by atoms with Crippen molar-refractivity contribution in [3.63, 3.8) is 0 Å². The Morgan fingerprint density at radius 1 is 1.35 bits per heavy atom. The van der Waals surface area contributed by atoms with E-state index in [-0.39, 0.29) is 18.4 Å². The summed E-state index contributed by atoms with van der Waals surface area (Å²) in [5, 5.41) is 14.2. The second-order valence-electron chi connectivity index (χ2n) is 6.02. The third-order valence-electron chi connectivity index (χ3n) is 4.39. The average Bonchev–Trinajstić information content (AvgIpc) is 3.19. The van der Waals surface area contributed by atoms with Crippen molar-refractivity contribution in [3.05, 3.63) is 42.2 Å². The molecule has 124 valence electrons. The Morgan fingerprint density at radius 2 is 2.26 bits per heavy atom. The molecule has 1 aliphatic heterocycles. The highest BCUT2D eigenvalue weighted by molar-refractivity contribution is 5.78. The van der Waals surface area contributed by atoms with E-state index < -0.39 is 6.10 Å². The number of aliphatic hydroxyl groups is 1. The number of aromatic nitrogens is 1. The van der Waals surface area contributed by atoms with Gasteiger partial charge in [0.2, 0.25) is 5.91 Å². The SMILES string of the molecule is O=C(Cc1ccon1)N1CCCCC[C@H]1C[C@@H](O)c1ccco1. The highest BCUT2D eigenvalue weighted by Crippen LogP contribution is 2.27. The van der Waals surface area contributed by atoms with Crippen LogP contribution in [-0.2, 0) is 11.2 Å². The smallest absolute Gasteiger partial charge is 0.228 e. The Balaban J connectivity index is 1.68. The van der Waals surface area contributed by atoms with E-state index in [9.17, 15) is 9.90 Å². The van der Waals surface area contributed by atoms with Gasteiger partial charge in [-0.2, -0.15) is 0 Å². The van der Waals surface area contributed by atoms with E-state index in [2.05, 4.69) is 5.16 Å². The Hall–Kier alpha value is -2.08. The molecule has 1 aliphatic rings. The summed E-state index contributed by atoms with van der Waals surface area (Å²) >= 11 is 0. The summed E-state index contributed by atoms with van der Waals surface area (Å²) in [4.78, 5) is 14.5. The molecule has 0 bridgehead atoms. The lowest BCUT2D eigenvalue weighted by Gasteiger charge is -2.31. The molecule has 0 spiro atoms. The molecule has 3 rings (SSSR count). The number of rotatable bonds is 5. The molecule has 1 saturated heterocycles. The van der Waals surface area contributed by atoms with Crippen LogP contribution in [0, 0.1) is 0 Å². The largest absolute Gasteiger partial charge is 0.467 e. The average molecular weight is 318 g/mol. The Kier molecular flexibility index (Phi) is 5.12. The molecule has 1 fully saturated rings. The Bertz CT molecular complexity index is 594. The van der Waals surface area contributed by atoms with E-state index in [1.54, 1.807) is 24.5 Å². The fraction of sp³-hybridized carbons (Fsp3) is 0.529. The minimum Gasteiger partial charge on any atom is -0.467 e. The second kappa shape index (κ2) is 7.46. The molecule has 0 saturated carbocycles. The van der Waals surface area contributed by atoms with Gasteiger partial charge in [-0.15, -0.1) is 0 Å². The van der Waals surface area contributed by atoms with Crippen LogP contribution >= 0.6 is 0 Å². The van der Waals surface area contributed by atoms with Gasteiger partial charge < -0.3 is 18.9 Å². The summed E-state index contributed by atoms with van der Waals surface area (Å²) < 4.78 is 10.1. The van der Waals surface area contributed by atoms with Crippen LogP contribution in [0.3, 0.4) is 0 Å². The maximum atomic E-state index is 12.6. The molecule has 23 heavy (non-hydrogen) atoms. The maximum Gasteiger partial charge on any atom is 0.228 e. The van der Waals surface area contributed by atoms with E-state index in [1.807, 2.05) is 4.90 Å². The molecule has 0 aliphatic carbocycles. The van der Waals surface area contributed by atoms with Crippen molar-refractivity contribution in [2.45, 2.75) is 50.7 Å². The van der Waals surface area contributed by atoms with Crippen LogP contribution in [-0.4, -0.2) is 33.7 Å². The van der Waals surface area contributed by atoms with E-state index >= 15 is 0 Å². The van der Waals surface area contributed by atoms with Crippen molar-refractivity contribution < 1.29 is 18.8 Å². The lowest BCUT2D eigenvalue weighted by molar-refractivity contribution is -0.133. The number of furan rings is 1. The number of hydrogen-bond donors (Lipinski definition) is 1. The van der Waals surface area contributed by atoms with Crippen molar-refractivity contribution in [1.82, 2.24) is 10.1 Å². The standard InChI is InChI=1S/C17H22N2O4/c20-15(16-6-4-9-22-16)12-14-5-2-1-3-8-19(14)17(21)11-13-7-10-23-18-13/h4,6-7,9-10,14-15,20H,1-3,5,8,11-12H2/t14-,15+/m0/s1. The summed E-state index contributed by atoms with van der Waals surface area (Å²) in [5.41, 5.74) is 0.643. The van der Waals surface area contributed by atoms with Crippen molar-refractivity contribution in [2.75, 3.05) is 6.54 Å². The minimum absolute atomic E-state index is 0.0250. The predicted molar refractivity (Wildman–Crippen MR) is 82.5 cm³/mol. The third-order valence-corrected chi connectivity index (χ3v) is 4.39. The summed E-state index contributed by atoms with van der Waals surface area (Å²) in [6.45, 7) is 0.728. The molecule has 2 atom stereocenters. The first-order chi connectivity index (χ1) is 11.2. The van der Waals surface area contributed by atoms with Gasteiger partial charge in [0.15, 0.2) is 0 Å². The Labute approximate surface area is 135 Å². The van der Waals surface area contributed by atoms with Crippen LogP contribution in [0.4, 0.5) is 0 Å². The molecule has 0 aromatic carbocycles. The second-order valence-corrected chi connectivity index (χ2v) is 6.02. The van der Waals surface area contributed by atoms with Gasteiger partial charge in [0.1, 0.15) is 18.1 Å². The van der Waals surface area contributed by atoms with Crippen LogP contribution in [0.2, 0.25) is 0 Å². The Morgan fingerprint density at radius 3 is 3.00 bits per heavy atom. The van der Waals surface area contributed by atoms with Gasteiger partial charge in [0.25, 0.3) is 0 Å². The van der Waals surface area contributed by atoms with Gasteiger partial charge >= 0.3 is 0 Å². The molecule has 6 heteroatoms. The summed E-state index contributed by atoms with van der Waals surface area (Å²) in [5.74, 6) is 0.593. The molecule has 1 amide bonds. The zero-order valence-electron chi connectivity index (χ0n) is 13.1. The van der Waals surface area contributed by atoms with Crippen molar-refractivity contribution in [1.29, 1.82) is 0 Å². The lowest BCUT2D eigenvalue weighted by atomic mass is 10.0. The molecule has 3 heterocycles. The quantitative estimate of drug-likeness (QED) is 0.917. The van der Waals surface area contributed by atoms with E-state index in [1.165, 1.54) is 6.26 Å². The first-order valence-electron chi connectivity index (χ1n) is 8.14. The first-order valence-corrected chi connectivity index (χ1v) is 8.14. The number of aliphatic hydroxyl groups excluding tert-OH is 1. The maximum absolute atomic E-state index is 12.6. The number of likely N-dealkylation sites (tertiary alicyclic amines) is 1. The first kappa shape index (κ1) is 15.8. The van der Waals surface area contributed by atoms with Gasteiger partial charge in [-0.1, -0.05) is 18.0 Å². The summed E-state index contributed by atoms with van der Waals surface area (Å²) in [6.07, 6.45) is 7.17. The summed E-state index contributed by atoms with van der Waals surface area (Å²) in [7, 11) is 0. The highest BCUT2D eigenvalue weighted by atomic mass is 16.5. The van der Waals surface area contributed by atoms with Crippen molar-refractivity contribution in [3.8, 4) is 0 Å². The van der Waals surface area contributed by atoms with Gasteiger partial charge in [-0.3, -0.25) is 4.79 Å². The number of carbonyl (C=O) groups is 1. The fourth-order valence-electron chi connectivity index (χ4n) is 3.19. The highest BCUT2D eigenvalue weighted by Gasteiger charge is 2.28. The monoisotopic (exact) mass is 318 g/mol. The third kappa shape index (κ3) is 4.01. The van der Waals surface area contributed by atoms with Gasteiger partial charge in [0.05, 0.1) is 18.4 Å². The molecular weight excluding hydrogens is 296 g/mol. The van der Waals surface area contributed by atoms with Crippen LogP contribution in [0.15, 0.2) is 39.7 Å². The molecule has 0 radical (unpaired) electrons. The predicted octanol–water partition coefficient (Wildman–Crippen LogP) is 2.71. The topological polar surface area (TPSA) is 79.7 Å². The van der Waals surface area contributed by atoms with Gasteiger partial charge in [0, 0.05) is 25.1 Å². The number of amides is 1. The van der Waals surface area contributed by atoms with Crippen molar-refractivity contribution in [2.24, 2.45) is 0 Å². The lowest BCUT2D eigenvalue weighted by Crippen LogP contribution is -2.41. The van der Waals surface area contributed by atoms with E-state index in [0.29, 0.717) is 17.9 Å². The molecule has 6 nitrogen and oxygen atoms in total.